The normalized spacial score (nSPS) is 28.9. The fraction of sp³-hybridized carbons (Fsp3) is 0.900. The molecular weight excluding hydrogens is 168 g/mol. The third-order valence-corrected chi connectivity index (χ3v) is 2.20. The van der Waals surface area contributed by atoms with E-state index in [1.54, 1.807) is 0 Å². The third kappa shape index (κ3) is 2.99. The van der Waals surface area contributed by atoms with Crippen molar-refractivity contribution in [2.24, 2.45) is 5.92 Å². The van der Waals surface area contributed by atoms with Gasteiger partial charge >= 0.3 is 5.97 Å². The van der Waals surface area contributed by atoms with E-state index in [9.17, 15) is 4.79 Å². The van der Waals surface area contributed by atoms with Crippen LogP contribution in [-0.2, 0) is 14.3 Å². The molecule has 0 amide bonds. The molecule has 0 radical (unpaired) electrons. The topological polar surface area (TPSA) is 35.5 Å². The van der Waals surface area contributed by atoms with Crippen LogP contribution >= 0.6 is 0 Å². The highest BCUT2D eigenvalue weighted by Gasteiger charge is 2.30. The summed E-state index contributed by atoms with van der Waals surface area (Å²) in [5.41, 5.74) is 0. The minimum Gasteiger partial charge on any atom is -0.461 e. The second-order valence-electron chi connectivity index (χ2n) is 3.90. The fourth-order valence-corrected chi connectivity index (χ4v) is 1.53. The SMILES string of the molecule is CC(C)OC(=O)C1OCCC[C@H]1C. The first-order valence-corrected chi connectivity index (χ1v) is 4.93. The molecule has 1 aliphatic heterocycles. The number of carbonyl (C=O) groups is 1. The van der Waals surface area contributed by atoms with Crippen LogP contribution in [0.2, 0.25) is 0 Å². The number of hydrogen-bond acceptors (Lipinski definition) is 3. The molecule has 1 rings (SSSR count). The van der Waals surface area contributed by atoms with E-state index >= 15 is 0 Å². The quantitative estimate of drug-likeness (QED) is 0.616. The molecule has 0 bridgehead atoms. The van der Waals surface area contributed by atoms with Crippen molar-refractivity contribution < 1.29 is 14.3 Å². The van der Waals surface area contributed by atoms with Gasteiger partial charge in [0.15, 0.2) is 6.10 Å². The van der Waals surface area contributed by atoms with E-state index in [2.05, 4.69) is 0 Å². The molecule has 76 valence electrons. The second-order valence-corrected chi connectivity index (χ2v) is 3.90. The molecule has 2 atom stereocenters. The molecule has 0 aromatic carbocycles. The molecule has 0 aliphatic carbocycles. The van der Waals surface area contributed by atoms with E-state index in [1.165, 1.54) is 0 Å². The van der Waals surface area contributed by atoms with Crippen molar-refractivity contribution in [3.63, 3.8) is 0 Å². The van der Waals surface area contributed by atoms with Gasteiger partial charge in [-0.25, -0.2) is 4.79 Å². The van der Waals surface area contributed by atoms with Crippen molar-refractivity contribution in [3.05, 3.63) is 0 Å². The van der Waals surface area contributed by atoms with Gasteiger partial charge in [-0.1, -0.05) is 6.92 Å². The monoisotopic (exact) mass is 186 g/mol. The zero-order valence-electron chi connectivity index (χ0n) is 8.58. The van der Waals surface area contributed by atoms with Gasteiger partial charge in [-0.05, 0) is 32.6 Å². The molecule has 0 aromatic rings. The smallest absolute Gasteiger partial charge is 0.335 e. The molecule has 1 saturated heterocycles. The summed E-state index contributed by atoms with van der Waals surface area (Å²) < 4.78 is 10.5. The lowest BCUT2D eigenvalue weighted by Gasteiger charge is -2.27. The Kier molecular flexibility index (Phi) is 3.72. The second kappa shape index (κ2) is 4.61. The lowest BCUT2D eigenvalue weighted by molar-refractivity contribution is -0.168. The molecule has 1 heterocycles. The van der Waals surface area contributed by atoms with Crippen LogP contribution in [0.5, 0.6) is 0 Å². The maximum absolute atomic E-state index is 11.5. The Balaban J connectivity index is 2.44. The van der Waals surface area contributed by atoms with Gasteiger partial charge in [0.2, 0.25) is 0 Å². The number of ether oxygens (including phenoxy) is 2. The maximum Gasteiger partial charge on any atom is 0.335 e. The van der Waals surface area contributed by atoms with Crippen LogP contribution in [-0.4, -0.2) is 24.8 Å². The highest BCUT2D eigenvalue weighted by Crippen LogP contribution is 2.21. The molecular formula is C10H18O3. The number of hydrogen-bond donors (Lipinski definition) is 0. The predicted octanol–water partition coefficient (Wildman–Crippen LogP) is 1.75. The minimum atomic E-state index is -0.337. The van der Waals surface area contributed by atoms with Gasteiger partial charge in [0, 0.05) is 6.61 Å². The van der Waals surface area contributed by atoms with E-state index in [4.69, 9.17) is 9.47 Å². The van der Waals surface area contributed by atoms with E-state index in [-0.39, 0.29) is 18.2 Å². The van der Waals surface area contributed by atoms with Crippen molar-refractivity contribution in [3.8, 4) is 0 Å². The van der Waals surface area contributed by atoms with E-state index in [0.717, 1.165) is 12.8 Å². The van der Waals surface area contributed by atoms with Gasteiger partial charge in [-0.15, -0.1) is 0 Å². The van der Waals surface area contributed by atoms with Gasteiger partial charge in [0.25, 0.3) is 0 Å². The van der Waals surface area contributed by atoms with E-state index in [0.29, 0.717) is 12.5 Å². The third-order valence-electron chi connectivity index (χ3n) is 2.20. The Bertz CT molecular complexity index is 177. The van der Waals surface area contributed by atoms with Crippen LogP contribution in [0.25, 0.3) is 0 Å². The van der Waals surface area contributed by atoms with Crippen LogP contribution in [0, 0.1) is 5.92 Å². The first-order chi connectivity index (χ1) is 6.11. The molecule has 1 fully saturated rings. The van der Waals surface area contributed by atoms with Crippen LogP contribution in [0.15, 0.2) is 0 Å². The Labute approximate surface area is 79.4 Å². The molecule has 0 aromatic heterocycles. The van der Waals surface area contributed by atoms with Crippen LogP contribution in [0.3, 0.4) is 0 Å². The summed E-state index contributed by atoms with van der Waals surface area (Å²) in [4.78, 5) is 11.5. The van der Waals surface area contributed by atoms with Gasteiger partial charge in [0.05, 0.1) is 6.10 Å². The van der Waals surface area contributed by atoms with E-state index in [1.807, 2.05) is 20.8 Å². The van der Waals surface area contributed by atoms with Crippen LogP contribution < -0.4 is 0 Å². The van der Waals surface area contributed by atoms with Crippen molar-refractivity contribution >= 4 is 5.97 Å². The lowest BCUT2D eigenvalue weighted by Crippen LogP contribution is -2.37. The zero-order valence-corrected chi connectivity index (χ0v) is 8.58. The summed E-state index contributed by atoms with van der Waals surface area (Å²) in [6.07, 6.45) is 1.71. The minimum absolute atomic E-state index is 0.0507. The average molecular weight is 186 g/mol. The summed E-state index contributed by atoms with van der Waals surface area (Å²) in [5.74, 6) is 0.0854. The Morgan fingerprint density at radius 3 is 2.77 bits per heavy atom. The number of carbonyl (C=O) groups excluding carboxylic acids is 1. The standard InChI is InChI=1S/C10H18O3/c1-7(2)13-10(11)9-8(3)5-4-6-12-9/h7-9H,4-6H2,1-3H3/t8-,9?/m1/s1. The largest absolute Gasteiger partial charge is 0.461 e. The van der Waals surface area contributed by atoms with Gasteiger partial charge in [-0.3, -0.25) is 0 Å². The molecule has 0 spiro atoms. The van der Waals surface area contributed by atoms with Gasteiger partial charge in [0.1, 0.15) is 0 Å². The summed E-state index contributed by atoms with van der Waals surface area (Å²) in [5, 5.41) is 0. The molecule has 3 heteroatoms. The average Bonchev–Trinajstić information content (AvgIpc) is 2.03. The number of rotatable bonds is 2. The van der Waals surface area contributed by atoms with Crippen molar-refractivity contribution in [2.45, 2.75) is 45.8 Å². The van der Waals surface area contributed by atoms with Crippen molar-refractivity contribution in [1.29, 1.82) is 0 Å². The number of esters is 1. The lowest BCUT2D eigenvalue weighted by atomic mass is 9.96. The summed E-state index contributed by atoms with van der Waals surface area (Å²) in [7, 11) is 0. The van der Waals surface area contributed by atoms with Crippen molar-refractivity contribution in [1.82, 2.24) is 0 Å². The molecule has 1 unspecified atom stereocenters. The van der Waals surface area contributed by atoms with Crippen LogP contribution in [0.4, 0.5) is 0 Å². The predicted molar refractivity (Wildman–Crippen MR) is 49.4 cm³/mol. The summed E-state index contributed by atoms with van der Waals surface area (Å²) in [6, 6.07) is 0. The zero-order chi connectivity index (χ0) is 9.84. The first-order valence-electron chi connectivity index (χ1n) is 4.93. The Morgan fingerprint density at radius 1 is 1.54 bits per heavy atom. The molecule has 0 N–H and O–H groups in total. The maximum atomic E-state index is 11.5. The summed E-state index contributed by atoms with van der Waals surface area (Å²) in [6.45, 7) is 6.42. The highest BCUT2D eigenvalue weighted by atomic mass is 16.6. The molecule has 3 nitrogen and oxygen atoms in total. The highest BCUT2D eigenvalue weighted by molar-refractivity contribution is 5.75. The van der Waals surface area contributed by atoms with Crippen LogP contribution in [0.1, 0.15) is 33.6 Å². The Morgan fingerprint density at radius 2 is 2.23 bits per heavy atom. The molecule has 13 heavy (non-hydrogen) atoms. The fourth-order valence-electron chi connectivity index (χ4n) is 1.53. The van der Waals surface area contributed by atoms with Gasteiger partial charge < -0.3 is 9.47 Å². The molecule has 1 aliphatic rings. The first kappa shape index (κ1) is 10.5. The van der Waals surface area contributed by atoms with Gasteiger partial charge in [-0.2, -0.15) is 0 Å². The summed E-state index contributed by atoms with van der Waals surface area (Å²) >= 11 is 0. The van der Waals surface area contributed by atoms with E-state index < -0.39 is 0 Å². The molecule has 0 saturated carbocycles. The Hall–Kier alpha value is -0.570. The van der Waals surface area contributed by atoms with Crippen molar-refractivity contribution in [2.75, 3.05) is 6.61 Å².